The molecule has 7 nitrogen and oxygen atoms in total. The van der Waals surface area contributed by atoms with E-state index in [1.165, 1.54) is 4.90 Å². The van der Waals surface area contributed by atoms with Crippen molar-refractivity contribution in [1.29, 1.82) is 0 Å². The molecule has 0 saturated carbocycles. The maximum Gasteiger partial charge on any atom is 0.312 e. The van der Waals surface area contributed by atoms with Gasteiger partial charge in [0.25, 0.3) is 0 Å². The number of rotatable bonds is 4. The van der Waals surface area contributed by atoms with Gasteiger partial charge in [-0.2, -0.15) is 0 Å². The highest BCUT2D eigenvalue weighted by Crippen LogP contribution is 2.57. The summed E-state index contributed by atoms with van der Waals surface area (Å²) in [5.74, 6) is -1.57. The van der Waals surface area contributed by atoms with E-state index in [4.69, 9.17) is 21.1 Å². The third-order valence-electron chi connectivity index (χ3n) is 7.08. The fraction of sp³-hybridized carbons (Fsp3) is 0.400. The Morgan fingerprint density at radius 2 is 1.97 bits per heavy atom. The number of benzene rings is 2. The molecule has 9 heteroatoms. The first-order chi connectivity index (χ1) is 16.3. The van der Waals surface area contributed by atoms with Gasteiger partial charge >= 0.3 is 5.97 Å². The Balaban J connectivity index is 1.59. The lowest BCUT2D eigenvalue weighted by Gasteiger charge is -2.47. The summed E-state index contributed by atoms with van der Waals surface area (Å²) in [7, 11) is 0. The van der Waals surface area contributed by atoms with Crippen LogP contribution in [0.15, 0.2) is 46.9 Å². The van der Waals surface area contributed by atoms with Crippen molar-refractivity contribution in [3.8, 4) is 5.75 Å². The van der Waals surface area contributed by atoms with Gasteiger partial charge in [0.1, 0.15) is 17.8 Å². The minimum Gasteiger partial charge on any atom is -0.493 e. The number of nitrogens with zero attached hydrogens (tertiary/aromatic N) is 2. The first kappa shape index (κ1) is 23.2. The van der Waals surface area contributed by atoms with Crippen molar-refractivity contribution < 1.29 is 23.9 Å². The zero-order chi connectivity index (χ0) is 24.2. The number of halogens is 2. The van der Waals surface area contributed by atoms with E-state index in [9.17, 15) is 14.4 Å². The summed E-state index contributed by atoms with van der Waals surface area (Å²) >= 11 is 9.50. The summed E-state index contributed by atoms with van der Waals surface area (Å²) in [6, 6.07) is 12.3. The Labute approximate surface area is 211 Å². The quantitative estimate of drug-likeness (QED) is 0.542. The number of ether oxygens (including phenoxy) is 2. The molecular formula is C25H24BrClN2O5. The van der Waals surface area contributed by atoms with E-state index >= 15 is 0 Å². The van der Waals surface area contributed by atoms with Crippen LogP contribution in [-0.2, 0) is 25.7 Å². The molecule has 0 spiro atoms. The Bertz CT molecular complexity index is 1170. The summed E-state index contributed by atoms with van der Waals surface area (Å²) in [5.41, 5.74) is 0.246. The smallest absolute Gasteiger partial charge is 0.312 e. The summed E-state index contributed by atoms with van der Waals surface area (Å²) < 4.78 is 12.3. The van der Waals surface area contributed by atoms with Crippen LogP contribution in [0.2, 0.25) is 5.02 Å². The average Bonchev–Trinajstić information content (AvgIpc) is 3.09. The summed E-state index contributed by atoms with van der Waals surface area (Å²) in [4.78, 5) is 44.1. The predicted octanol–water partition coefficient (Wildman–Crippen LogP) is 3.97. The number of amides is 2. The Kier molecular flexibility index (Phi) is 5.84. The Hall–Kier alpha value is -2.58. The molecule has 5 rings (SSSR count). The molecule has 0 unspecified atom stereocenters. The molecule has 0 radical (unpaired) electrons. The first-order valence-electron chi connectivity index (χ1n) is 11.2. The molecule has 0 aliphatic carbocycles. The zero-order valence-electron chi connectivity index (χ0n) is 18.8. The minimum atomic E-state index is -1.39. The number of esters is 1. The van der Waals surface area contributed by atoms with Crippen LogP contribution in [0.5, 0.6) is 5.75 Å². The lowest BCUT2D eigenvalue weighted by atomic mass is 9.77. The second-order valence-electron chi connectivity index (χ2n) is 9.03. The van der Waals surface area contributed by atoms with Gasteiger partial charge in [-0.1, -0.05) is 39.7 Å². The second-order valence-corrected chi connectivity index (χ2v) is 10.4. The molecule has 4 atom stereocenters. The third-order valence-corrected chi connectivity index (χ3v) is 7.83. The lowest BCUT2D eigenvalue weighted by molar-refractivity contribution is -0.170. The number of hydrogen-bond acceptors (Lipinski definition) is 5. The van der Waals surface area contributed by atoms with Gasteiger partial charge in [0.2, 0.25) is 11.8 Å². The lowest BCUT2D eigenvalue weighted by Crippen LogP contribution is -2.67. The Morgan fingerprint density at radius 3 is 2.68 bits per heavy atom. The van der Waals surface area contributed by atoms with Gasteiger partial charge in [-0.3, -0.25) is 14.4 Å². The van der Waals surface area contributed by atoms with E-state index in [1.807, 2.05) is 30.3 Å². The molecule has 3 aliphatic rings. The molecule has 34 heavy (non-hydrogen) atoms. The van der Waals surface area contributed by atoms with E-state index < -0.39 is 29.4 Å². The van der Waals surface area contributed by atoms with Crippen molar-refractivity contribution in [3.05, 3.63) is 63.1 Å². The van der Waals surface area contributed by atoms with Gasteiger partial charge in [-0.25, -0.2) is 0 Å². The van der Waals surface area contributed by atoms with Crippen molar-refractivity contribution in [2.24, 2.45) is 11.8 Å². The molecule has 2 fully saturated rings. The van der Waals surface area contributed by atoms with Crippen molar-refractivity contribution >= 4 is 45.3 Å². The van der Waals surface area contributed by atoms with Crippen LogP contribution in [0.4, 0.5) is 0 Å². The molecule has 0 N–H and O–H groups in total. The maximum atomic E-state index is 14.0. The maximum absolute atomic E-state index is 14.0. The standard InChI is InChI=1S/C25H24BrClN2O5/c1-3-33-23(31)21-18-13-34-19-9-6-15(26)10-17(19)22(18)29-20(30)12-28(24(32)25(21,29)2)11-14-4-7-16(27)8-5-14/h4-10,18,21-22H,3,11-13H2,1-2H3/t18-,21-,22+,25-/m1/s1. The van der Waals surface area contributed by atoms with Crippen LogP contribution < -0.4 is 4.74 Å². The molecule has 2 amide bonds. The highest BCUT2D eigenvalue weighted by atomic mass is 79.9. The summed E-state index contributed by atoms with van der Waals surface area (Å²) in [5, 5.41) is 0.593. The molecule has 0 bridgehead atoms. The number of fused-ring (bicyclic) bond motifs is 5. The van der Waals surface area contributed by atoms with Gasteiger partial charge < -0.3 is 19.3 Å². The third kappa shape index (κ3) is 3.50. The topological polar surface area (TPSA) is 76.2 Å². The van der Waals surface area contributed by atoms with Crippen molar-refractivity contribution in [2.75, 3.05) is 19.8 Å². The second kappa shape index (κ2) is 8.57. The number of carbonyl (C=O) groups excluding carboxylic acids is 3. The monoisotopic (exact) mass is 546 g/mol. The normalized spacial score (nSPS) is 27.6. The fourth-order valence-corrected chi connectivity index (χ4v) is 6.21. The highest BCUT2D eigenvalue weighted by molar-refractivity contribution is 9.10. The minimum absolute atomic E-state index is 0.0694. The van der Waals surface area contributed by atoms with Crippen LogP contribution >= 0.6 is 27.5 Å². The van der Waals surface area contributed by atoms with E-state index in [-0.39, 0.29) is 38.1 Å². The van der Waals surface area contributed by atoms with E-state index in [0.29, 0.717) is 10.8 Å². The van der Waals surface area contributed by atoms with E-state index in [2.05, 4.69) is 15.9 Å². The molecule has 178 valence electrons. The predicted molar refractivity (Wildman–Crippen MR) is 128 cm³/mol. The molecule has 2 aromatic rings. The molecular weight excluding hydrogens is 524 g/mol. The van der Waals surface area contributed by atoms with Gasteiger partial charge in [0, 0.05) is 27.5 Å². The van der Waals surface area contributed by atoms with E-state index in [0.717, 1.165) is 15.6 Å². The average molecular weight is 548 g/mol. The van der Waals surface area contributed by atoms with Gasteiger partial charge in [0.15, 0.2) is 0 Å². The van der Waals surface area contributed by atoms with Gasteiger partial charge in [-0.15, -0.1) is 0 Å². The van der Waals surface area contributed by atoms with Crippen molar-refractivity contribution in [1.82, 2.24) is 9.80 Å². The zero-order valence-corrected chi connectivity index (χ0v) is 21.1. The summed E-state index contributed by atoms with van der Waals surface area (Å²) in [6.07, 6.45) is 0. The molecule has 3 aliphatic heterocycles. The molecule has 3 heterocycles. The summed E-state index contributed by atoms with van der Waals surface area (Å²) in [6.45, 7) is 4.00. The van der Waals surface area contributed by atoms with Crippen molar-refractivity contribution in [2.45, 2.75) is 32.0 Å². The first-order valence-corrected chi connectivity index (χ1v) is 12.4. The van der Waals surface area contributed by atoms with Gasteiger partial charge in [0.05, 0.1) is 25.2 Å². The van der Waals surface area contributed by atoms with Crippen LogP contribution in [0.3, 0.4) is 0 Å². The Morgan fingerprint density at radius 1 is 1.24 bits per heavy atom. The largest absolute Gasteiger partial charge is 0.493 e. The van der Waals surface area contributed by atoms with Crippen molar-refractivity contribution in [3.63, 3.8) is 0 Å². The van der Waals surface area contributed by atoms with E-state index in [1.54, 1.807) is 30.9 Å². The van der Waals surface area contributed by atoms with Crippen LogP contribution in [0.25, 0.3) is 0 Å². The number of piperazine rings is 1. The number of carbonyl (C=O) groups is 3. The van der Waals surface area contributed by atoms with Crippen LogP contribution in [0, 0.1) is 11.8 Å². The highest BCUT2D eigenvalue weighted by Gasteiger charge is 2.69. The van der Waals surface area contributed by atoms with Crippen LogP contribution in [-0.4, -0.2) is 52.9 Å². The molecule has 2 saturated heterocycles. The molecule has 2 aromatic carbocycles. The van der Waals surface area contributed by atoms with Crippen LogP contribution in [0.1, 0.15) is 31.0 Å². The molecule has 0 aromatic heterocycles. The SMILES string of the molecule is CCOC(=O)[C@H]1[C@H]2COc3ccc(Br)cc3[C@@H]2N2C(=O)CN(Cc3ccc(Cl)cc3)C(=O)[C@@]12C. The number of hydrogen-bond donors (Lipinski definition) is 0. The fourth-order valence-electron chi connectivity index (χ4n) is 5.71. The van der Waals surface area contributed by atoms with Gasteiger partial charge in [-0.05, 0) is 49.7 Å².